The van der Waals surface area contributed by atoms with Gasteiger partial charge in [0.25, 0.3) is 0 Å². The van der Waals surface area contributed by atoms with E-state index in [2.05, 4.69) is 9.97 Å². The Labute approximate surface area is 168 Å². The number of anilines is 2. The van der Waals surface area contributed by atoms with E-state index in [0.717, 1.165) is 44.7 Å². The minimum Gasteiger partial charge on any atom is -0.494 e. The van der Waals surface area contributed by atoms with Crippen LogP contribution >= 0.6 is 0 Å². The first-order valence-electron chi connectivity index (χ1n) is 9.96. The Kier molecular flexibility index (Phi) is 6.82. The van der Waals surface area contributed by atoms with E-state index in [1.165, 1.54) is 4.90 Å². The van der Waals surface area contributed by atoms with Crippen molar-refractivity contribution >= 4 is 11.5 Å². The molecule has 1 aromatic carbocycles. The van der Waals surface area contributed by atoms with Gasteiger partial charge in [0.1, 0.15) is 17.4 Å². The first kappa shape index (κ1) is 21.2. The number of benzene rings is 1. The average molecular weight is 409 g/mol. The van der Waals surface area contributed by atoms with Crippen molar-refractivity contribution in [3.05, 3.63) is 36.0 Å². The zero-order valence-corrected chi connectivity index (χ0v) is 16.7. The molecule has 1 saturated carbocycles. The zero-order chi connectivity index (χ0) is 20.9. The molecule has 0 unspecified atom stereocenters. The van der Waals surface area contributed by atoms with Crippen LogP contribution in [-0.4, -0.2) is 29.7 Å². The molecule has 0 saturated heterocycles. The van der Waals surface area contributed by atoms with Gasteiger partial charge in [0, 0.05) is 18.9 Å². The van der Waals surface area contributed by atoms with E-state index in [0.29, 0.717) is 18.0 Å². The van der Waals surface area contributed by atoms with Gasteiger partial charge in [0.2, 0.25) is 0 Å². The number of aromatic nitrogens is 2. The Balaban J connectivity index is 1.86. The van der Waals surface area contributed by atoms with Gasteiger partial charge in [-0.2, -0.15) is 18.2 Å². The third kappa shape index (κ3) is 5.52. The van der Waals surface area contributed by atoms with Gasteiger partial charge in [-0.25, -0.2) is 4.98 Å². The lowest BCUT2D eigenvalue weighted by molar-refractivity contribution is -0.137. The van der Waals surface area contributed by atoms with Crippen LogP contribution in [0.1, 0.15) is 51.0 Å². The largest absolute Gasteiger partial charge is 0.494 e. The van der Waals surface area contributed by atoms with Crippen LogP contribution in [0.3, 0.4) is 0 Å². The summed E-state index contributed by atoms with van der Waals surface area (Å²) in [5, 5.41) is 0. The molecule has 1 heterocycles. The smallest absolute Gasteiger partial charge is 0.421 e. The van der Waals surface area contributed by atoms with Crippen molar-refractivity contribution < 1.29 is 22.6 Å². The molecule has 0 spiro atoms. The van der Waals surface area contributed by atoms with Crippen LogP contribution in [0.4, 0.5) is 24.7 Å². The summed E-state index contributed by atoms with van der Waals surface area (Å²) >= 11 is 0. The second-order valence-electron chi connectivity index (χ2n) is 7.17. The van der Waals surface area contributed by atoms with E-state index in [1.807, 2.05) is 6.92 Å². The van der Waals surface area contributed by atoms with E-state index in [1.54, 1.807) is 31.3 Å². The maximum absolute atomic E-state index is 13.6. The highest BCUT2D eigenvalue weighted by Crippen LogP contribution is 2.38. The third-order valence-corrected chi connectivity index (χ3v) is 4.89. The van der Waals surface area contributed by atoms with Gasteiger partial charge in [0.05, 0.1) is 6.61 Å². The molecule has 2 aromatic rings. The lowest BCUT2D eigenvalue weighted by atomic mass is 9.98. The first-order chi connectivity index (χ1) is 13.9. The Morgan fingerprint density at radius 1 is 1.10 bits per heavy atom. The van der Waals surface area contributed by atoms with Crippen molar-refractivity contribution in [2.75, 3.05) is 18.6 Å². The summed E-state index contributed by atoms with van der Waals surface area (Å²) in [7, 11) is 1.55. The van der Waals surface area contributed by atoms with Crippen molar-refractivity contribution in [2.45, 2.75) is 57.7 Å². The Morgan fingerprint density at radius 3 is 2.41 bits per heavy atom. The second-order valence-corrected chi connectivity index (χ2v) is 7.17. The predicted octanol–water partition coefficient (Wildman–Crippen LogP) is 5.76. The number of alkyl halides is 3. The fourth-order valence-electron chi connectivity index (χ4n) is 3.31. The van der Waals surface area contributed by atoms with Gasteiger partial charge in [-0.15, -0.1) is 0 Å². The molecule has 3 rings (SSSR count). The normalized spacial score (nSPS) is 15.2. The summed E-state index contributed by atoms with van der Waals surface area (Å²) in [6.45, 7) is 2.59. The van der Waals surface area contributed by atoms with Crippen LogP contribution in [0.25, 0.3) is 0 Å². The van der Waals surface area contributed by atoms with Crippen LogP contribution in [-0.2, 0) is 6.18 Å². The molecule has 0 radical (unpaired) electrons. The standard InChI is InChI=1S/C21H26F3N3O2/c1-3-13-28-16-11-9-15(10-12-16)27(2)19-18(21(22,23)24)14-25-20(26-19)29-17-7-5-4-6-8-17/h9-12,14,17H,3-8,13H2,1-2H3. The highest BCUT2D eigenvalue weighted by Gasteiger charge is 2.37. The van der Waals surface area contributed by atoms with Crippen LogP contribution in [0.15, 0.2) is 30.5 Å². The number of nitrogens with zero attached hydrogens (tertiary/aromatic N) is 3. The topological polar surface area (TPSA) is 47.5 Å². The van der Waals surface area contributed by atoms with Crippen molar-refractivity contribution in [1.82, 2.24) is 9.97 Å². The molecular formula is C21H26F3N3O2. The van der Waals surface area contributed by atoms with Crippen LogP contribution in [0.5, 0.6) is 11.8 Å². The van der Waals surface area contributed by atoms with Crippen molar-refractivity contribution in [3.63, 3.8) is 0 Å². The monoisotopic (exact) mass is 409 g/mol. The van der Waals surface area contributed by atoms with E-state index < -0.39 is 11.7 Å². The van der Waals surface area contributed by atoms with Crippen molar-refractivity contribution in [3.8, 4) is 11.8 Å². The van der Waals surface area contributed by atoms with Crippen molar-refractivity contribution in [1.29, 1.82) is 0 Å². The molecule has 1 aromatic heterocycles. The highest BCUT2D eigenvalue weighted by molar-refractivity contribution is 5.63. The molecule has 29 heavy (non-hydrogen) atoms. The van der Waals surface area contributed by atoms with E-state index in [4.69, 9.17) is 9.47 Å². The van der Waals surface area contributed by atoms with Crippen LogP contribution in [0.2, 0.25) is 0 Å². The summed E-state index contributed by atoms with van der Waals surface area (Å²) in [5.74, 6) is 0.435. The summed E-state index contributed by atoms with van der Waals surface area (Å²) in [6, 6.07) is 6.85. The minimum atomic E-state index is -4.57. The molecule has 1 aliphatic carbocycles. The van der Waals surface area contributed by atoms with Crippen molar-refractivity contribution in [2.24, 2.45) is 0 Å². The van der Waals surface area contributed by atoms with Gasteiger partial charge >= 0.3 is 12.2 Å². The summed E-state index contributed by atoms with van der Waals surface area (Å²) in [4.78, 5) is 9.34. The first-order valence-corrected chi connectivity index (χ1v) is 9.96. The number of rotatable bonds is 7. The maximum Gasteiger partial charge on any atom is 0.421 e. The zero-order valence-electron chi connectivity index (χ0n) is 16.7. The number of hydrogen-bond donors (Lipinski definition) is 0. The highest BCUT2D eigenvalue weighted by atomic mass is 19.4. The number of halogens is 3. The molecular weight excluding hydrogens is 383 g/mol. The second kappa shape index (κ2) is 9.33. The molecule has 1 aliphatic rings. The molecule has 0 amide bonds. The Bertz CT molecular complexity index is 791. The van der Waals surface area contributed by atoms with Gasteiger partial charge < -0.3 is 14.4 Å². The predicted molar refractivity (Wildman–Crippen MR) is 105 cm³/mol. The molecule has 8 heteroatoms. The molecule has 158 valence electrons. The number of hydrogen-bond acceptors (Lipinski definition) is 5. The number of ether oxygens (including phenoxy) is 2. The fraction of sp³-hybridized carbons (Fsp3) is 0.524. The Hall–Kier alpha value is -2.51. The summed E-state index contributed by atoms with van der Waals surface area (Å²) in [6.07, 6.45) is 2.04. The van der Waals surface area contributed by atoms with Crippen LogP contribution in [0, 0.1) is 0 Å². The van der Waals surface area contributed by atoms with Crippen LogP contribution < -0.4 is 14.4 Å². The van der Waals surface area contributed by atoms with E-state index >= 15 is 0 Å². The average Bonchev–Trinajstić information content (AvgIpc) is 2.72. The van der Waals surface area contributed by atoms with E-state index in [9.17, 15) is 13.2 Å². The minimum absolute atomic E-state index is 0.0188. The van der Waals surface area contributed by atoms with Gasteiger partial charge in [-0.05, 0) is 56.4 Å². The van der Waals surface area contributed by atoms with Gasteiger partial charge in [-0.3, -0.25) is 0 Å². The molecule has 5 nitrogen and oxygen atoms in total. The summed E-state index contributed by atoms with van der Waals surface area (Å²) < 4.78 is 52.0. The lowest BCUT2D eigenvalue weighted by Crippen LogP contribution is -2.23. The van der Waals surface area contributed by atoms with Gasteiger partial charge in [-0.1, -0.05) is 13.3 Å². The molecule has 0 bridgehead atoms. The molecule has 1 fully saturated rings. The molecule has 0 N–H and O–H groups in total. The third-order valence-electron chi connectivity index (χ3n) is 4.89. The fourth-order valence-corrected chi connectivity index (χ4v) is 3.31. The van der Waals surface area contributed by atoms with Gasteiger partial charge in [0.15, 0.2) is 5.82 Å². The van der Waals surface area contributed by atoms with E-state index in [-0.39, 0.29) is 17.9 Å². The summed E-state index contributed by atoms with van der Waals surface area (Å²) in [5.41, 5.74) is -0.344. The molecule has 0 aliphatic heterocycles. The maximum atomic E-state index is 13.6. The SMILES string of the molecule is CCCOc1ccc(N(C)c2nc(OC3CCCCC3)ncc2C(F)(F)F)cc1. The quantitative estimate of drug-likeness (QED) is 0.582. The lowest BCUT2D eigenvalue weighted by Gasteiger charge is -2.25. The molecule has 0 atom stereocenters. The Morgan fingerprint density at radius 2 is 1.79 bits per heavy atom.